The van der Waals surface area contributed by atoms with Gasteiger partial charge in [0.05, 0.1) is 6.61 Å². The van der Waals surface area contributed by atoms with Gasteiger partial charge in [-0.05, 0) is 11.6 Å². The summed E-state index contributed by atoms with van der Waals surface area (Å²) in [6.07, 6.45) is 0. The summed E-state index contributed by atoms with van der Waals surface area (Å²) < 4.78 is 5.00. The zero-order chi connectivity index (χ0) is 9.97. The van der Waals surface area contributed by atoms with Crippen LogP contribution in [0.1, 0.15) is 5.56 Å². The topological polar surface area (TPSA) is 65.5 Å². The molecule has 1 aromatic heterocycles. The highest BCUT2D eigenvalue weighted by Gasteiger charge is 2.03. The Morgan fingerprint density at radius 3 is 2.93 bits per heavy atom. The number of fused-ring (bicyclic) bond motifs is 1. The smallest absolute Gasteiger partial charge is 0.336 e. The highest BCUT2D eigenvalue weighted by Crippen LogP contribution is 2.16. The quantitative estimate of drug-likeness (QED) is 0.571. The third-order valence-corrected chi connectivity index (χ3v) is 1.97. The van der Waals surface area contributed by atoms with Gasteiger partial charge in [-0.15, -0.1) is 0 Å². The lowest BCUT2D eigenvalue weighted by Crippen LogP contribution is -2.04. The van der Waals surface area contributed by atoms with Crippen molar-refractivity contribution < 1.29 is 9.25 Å². The van der Waals surface area contributed by atoms with Crippen molar-refractivity contribution in [3.63, 3.8) is 0 Å². The van der Waals surface area contributed by atoms with E-state index < -0.39 is 5.63 Å². The van der Waals surface area contributed by atoms with Crippen molar-refractivity contribution in [1.29, 1.82) is 0 Å². The lowest BCUT2D eigenvalue weighted by atomic mass is 10.1. The number of hydrogen-bond donors (Lipinski definition) is 1. The van der Waals surface area contributed by atoms with E-state index in [1.807, 2.05) is 12.1 Å². The van der Waals surface area contributed by atoms with Gasteiger partial charge < -0.3 is 4.42 Å². The molecule has 0 amide bonds. The van der Waals surface area contributed by atoms with Crippen LogP contribution >= 0.6 is 0 Å². The summed E-state index contributed by atoms with van der Waals surface area (Å²) in [5, 5.41) is 0.845. The second-order valence-corrected chi connectivity index (χ2v) is 2.90. The first kappa shape index (κ1) is 8.93. The molecule has 0 bridgehead atoms. The highest BCUT2D eigenvalue weighted by atomic mass is 16.6. The molecule has 2 N–H and O–H groups in total. The lowest BCUT2D eigenvalue weighted by Gasteiger charge is -2.02. The summed E-state index contributed by atoms with van der Waals surface area (Å²) in [6, 6.07) is 8.64. The number of nitrogens with two attached hydrogens (primary N) is 1. The molecule has 0 saturated carbocycles. The van der Waals surface area contributed by atoms with E-state index in [2.05, 4.69) is 4.84 Å². The Hall–Kier alpha value is -1.65. The van der Waals surface area contributed by atoms with Crippen LogP contribution in [0.25, 0.3) is 11.0 Å². The molecule has 1 heterocycles. The second-order valence-electron chi connectivity index (χ2n) is 2.90. The maximum Gasteiger partial charge on any atom is 0.336 e. The van der Waals surface area contributed by atoms with E-state index in [0.717, 1.165) is 10.9 Å². The van der Waals surface area contributed by atoms with E-state index >= 15 is 0 Å². The molecule has 0 spiro atoms. The molecule has 0 aliphatic heterocycles. The summed E-state index contributed by atoms with van der Waals surface area (Å²) in [4.78, 5) is 15.6. The van der Waals surface area contributed by atoms with Gasteiger partial charge in [0.2, 0.25) is 0 Å². The maximum absolute atomic E-state index is 11.1. The molecule has 0 fully saturated rings. The van der Waals surface area contributed by atoms with Crippen molar-refractivity contribution in [2.45, 2.75) is 6.61 Å². The van der Waals surface area contributed by atoms with Crippen LogP contribution in [0.3, 0.4) is 0 Å². The summed E-state index contributed by atoms with van der Waals surface area (Å²) >= 11 is 0. The molecule has 0 radical (unpaired) electrons. The van der Waals surface area contributed by atoms with Gasteiger partial charge >= 0.3 is 5.63 Å². The second kappa shape index (κ2) is 3.61. The minimum Gasteiger partial charge on any atom is -0.423 e. The van der Waals surface area contributed by atoms with Crippen molar-refractivity contribution in [3.8, 4) is 0 Å². The number of hydrogen-bond acceptors (Lipinski definition) is 4. The van der Waals surface area contributed by atoms with Gasteiger partial charge in [-0.1, -0.05) is 18.2 Å². The first-order chi connectivity index (χ1) is 6.81. The maximum atomic E-state index is 11.1. The van der Waals surface area contributed by atoms with Gasteiger partial charge in [0.25, 0.3) is 0 Å². The zero-order valence-electron chi connectivity index (χ0n) is 7.40. The van der Waals surface area contributed by atoms with Crippen molar-refractivity contribution >= 4 is 11.0 Å². The standard InChI is InChI=1S/C10H9NO3/c11-13-6-7-5-10(12)14-9-4-2-1-3-8(7)9/h1-5H,6,11H2. The first-order valence-electron chi connectivity index (χ1n) is 4.15. The molecule has 2 rings (SSSR count). The monoisotopic (exact) mass is 191 g/mol. The third kappa shape index (κ3) is 1.53. The van der Waals surface area contributed by atoms with Crippen molar-refractivity contribution in [2.24, 2.45) is 5.90 Å². The molecule has 2 aromatic rings. The van der Waals surface area contributed by atoms with E-state index in [9.17, 15) is 4.79 Å². The van der Waals surface area contributed by atoms with E-state index in [1.165, 1.54) is 6.07 Å². The average Bonchev–Trinajstić information content (AvgIpc) is 2.18. The molecule has 4 heteroatoms. The van der Waals surface area contributed by atoms with Crippen LogP contribution in [-0.4, -0.2) is 0 Å². The summed E-state index contributed by atoms with van der Waals surface area (Å²) in [7, 11) is 0. The normalized spacial score (nSPS) is 10.6. The Balaban J connectivity index is 2.73. The van der Waals surface area contributed by atoms with E-state index in [-0.39, 0.29) is 6.61 Å². The van der Waals surface area contributed by atoms with Crippen LogP contribution < -0.4 is 11.5 Å². The zero-order valence-corrected chi connectivity index (χ0v) is 7.40. The molecular weight excluding hydrogens is 182 g/mol. The van der Waals surface area contributed by atoms with Crippen molar-refractivity contribution in [2.75, 3.05) is 0 Å². The molecule has 1 aromatic carbocycles. The molecular formula is C10H9NO3. The Kier molecular flexibility index (Phi) is 2.30. The van der Waals surface area contributed by atoms with Crippen LogP contribution in [0.4, 0.5) is 0 Å². The fourth-order valence-corrected chi connectivity index (χ4v) is 1.39. The number of rotatable bonds is 2. The van der Waals surface area contributed by atoms with Gasteiger partial charge in [-0.3, -0.25) is 4.84 Å². The van der Waals surface area contributed by atoms with Crippen molar-refractivity contribution in [3.05, 3.63) is 46.3 Å². The Morgan fingerprint density at radius 2 is 2.14 bits per heavy atom. The van der Waals surface area contributed by atoms with E-state index in [4.69, 9.17) is 10.3 Å². The Bertz CT molecular complexity index is 504. The molecule has 0 aliphatic rings. The SMILES string of the molecule is NOCc1cc(=O)oc2ccccc12. The molecule has 4 nitrogen and oxygen atoms in total. The van der Waals surface area contributed by atoms with Crippen LogP contribution in [0.15, 0.2) is 39.5 Å². The van der Waals surface area contributed by atoms with E-state index in [0.29, 0.717) is 5.58 Å². The van der Waals surface area contributed by atoms with Crippen LogP contribution in [0.5, 0.6) is 0 Å². The molecule has 72 valence electrons. The summed E-state index contributed by atoms with van der Waals surface area (Å²) in [6.45, 7) is 0.201. The van der Waals surface area contributed by atoms with Gasteiger partial charge in [-0.25, -0.2) is 10.7 Å². The fraction of sp³-hybridized carbons (Fsp3) is 0.100. The molecule has 0 saturated heterocycles. The molecule has 0 unspecified atom stereocenters. The largest absolute Gasteiger partial charge is 0.423 e. The van der Waals surface area contributed by atoms with Crippen LogP contribution in [0, 0.1) is 0 Å². The average molecular weight is 191 g/mol. The number of benzene rings is 1. The minimum atomic E-state index is -0.393. The fourth-order valence-electron chi connectivity index (χ4n) is 1.39. The molecule has 0 aliphatic carbocycles. The Labute approximate surface area is 79.9 Å². The van der Waals surface area contributed by atoms with Gasteiger partial charge in [0.1, 0.15) is 5.58 Å². The molecule has 14 heavy (non-hydrogen) atoms. The summed E-state index contributed by atoms with van der Waals surface area (Å²) in [5.41, 5.74) is 0.891. The number of para-hydroxylation sites is 1. The van der Waals surface area contributed by atoms with E-state index in [1.54, 1.807) is 12.1 Å². The predicted molar refractivity (Wildman–Crippen MR) is 51.5 cm³/mol. The van der Waals surface area contributed by atoms with Gasteiger partial charge in [0, 0.05) is 11.5 Å². The van der Waals surface area contributed by atoms with Crippen molar-refractivity contribution in [1.82, 2.24) is 0 Å². The predicted octanol–water partition coefficient (Wildman–Crippen LogP) is 1.18. The highest BCUT2D eigenvalue weighted by molar-refractivity contribution is 5.79. The lowest BCUT2D eigenvalue weighted by molar-refractivity contribution is 0.124. The Morgan fingerprint density at radius 1 is 1.36 bits per heavy atom. The van der Waals surface area contributed by atoms with Crippen LogP contribution in [-0.2, 0) is 11.4 Å². The van der Waals surface area contributed by atoms with Gasteiger partial charge in [0.15, 0.2) is 0 Å². The first-order valence-corrected chi connectivity index (χ1v) is 4.15. The molecule has 0 atom stereocenters. The van der Waals surface area contributed by atoms with Crippen LogP contribution in [0.2, 0.25) is 0 Å². The van der Waals surface area contributed by atoms with Gasteiger partial charge in [-0.2, -0.15) is 0 Å². The third-order valence-electron chi connectivity index (χ3n) is 1.97. The minimum absolute atomic E-state index is 0.201. The summed E-state index contributed by atoms with van der Waals surface area (Å²) in [5.74, 6) is 4.97.